The maximum atomic E-state index is 14.2. The molecule has 1 aromatic carbocycles. The summed E-state index contributed by atoms with van der Waals surface area (Å²) < 4.78 is 16.1. The van der Waals surface area contributed by atoms with E-state index in [1.807, 2.05) is 29.8 Å². The van der Waals surface area contributed by atoms with Crippen LogP contribution in [-0.2, 0) is 20.8 Å². The van der Waals surface area contributed by atoms with Crippen molar-refractivity contribution in [2.24, 2.45) is 0 Å². The Morgan fingerprint density at radius 3 is 2.75 bits per heavy atom. The summed E-state index contributed by atoms with van der Waals surface area (Å²) >= 11 is 0. The van der Waals surface area contributed by atoms with Crippen LogP contribution in [0.5, 0.6) is 0 Å². The Balaban J connectivity index is 1.67. The molecule has 8 nitrogen and oxygen atoms in total. The predicted molar refractivity (Wildman–Crippen MR) is 117 cm³/mol. The van der Waals surface area contributed by atoms with Gasteiger partial charge in [-0.15, -0.1) is 0 Å². The van der Waals surface area contributed by atoms with Crippen LogP contribution in [0.3, 0.4) is 0 Å². The van der Waals surface area contributed by atoms with Gasteiger partial charge in [0.25, 0.3) is 11.7 Å². The molecule has 0 saturated heterocycles. The number of nitrogens with zero attached hydrogens (tertiary/aromatic N) is 2. The fourth-order valence-corrected chi connectivity index (χ4v) is 4.30. The monoisotopic (exact) mass is 440 g/mol. The van der Waals surface area contributed by atoms with Gasteiger partial charge < -0.3 is 16.0 Å². The molecule has 32 heavy (non-hydrogen) atoms. The number of likely N-dealkylation sites (N-methyl/N-ethyl adjacent to an activating group) is 1. The van der Waals surface area contributed by atoms with Gasteiger partial charge in [-0.3, -0.25) is 9.59 Å². The van der Waals surface area contributed by atoms with Crippen LogP contribution in [0.2, 0.25) is 0 Å². The Bertz CT molecular complexity index is 1110. The van der Waals surface area contributed by atoms with Crippen LogP contribution in [0.1, 0.15) is 31.0 Å². The first-order valence-corrected chi connectivity index (χ1v) is 10.6. The molecule has 3 heterocycles. The van der Waals surface area contributed by atoms with Crippen molar-refractivity contribution in [2.75, 3.05) is 17.3 Å². The average Bonchev–Trinajstić information content (AvgIpc) is 3.17. The predicted octanol–water partition coefficient (Wildman–Crippen LogP) is 0.985. The number of amides is 3. The average molecular weight is 440 g/mol. The van der Waals surface area contributed by atoms with Crippen LogP contribution in [0.15, 0.2) is 36.5 Å². The third-order valence-corrected chi connectivity index (χ3v) is 6.26. The number of aromatic nitrogens is 1. The molecular formula is C23H27FN5O3+. The first kappa shape index (κ1) is 21.9. The highest BCUT2D eigenvalue weighted by Gasteiger charge is 2.55. The molecule has 0 saturated carbocycles. The number of nitrogens with one attached hydrogen (secondary N) is 3. The van der Waals surface area contributed by atoms with Gasteiger partial charge in [-0.2, -0.15) is 4.90 Å². The van der Waals surface area contributed by atoms with Crippen LogP contribution >= 0.6 is 0 Å². The van der Waals surface area contributed by atoms with Crippen LogP contribution in [0.4, 0.5) is 15.9 Å². The zero-order valence-corrected chi connectivity index (χ0v) is 18.5. The maximum absolute atomic E-state index is 14.2. The van der Waals surface area contributed by atoms with Gasteiger partial charge in [0, 0.05) is 12.0 Å². The second-order valence-electron chi connectivity index (χ2n) is 8.40. The number of benzene rings is 1. The molecule has 3 N–H and O–H groups in total. The van der Waals surface area contributed by atoms with Crippen molar-refractivity contribution in [3.63, 3.8) is 0 Å². The number of hydrogen-bond donors (Lipinski definition) is 3. The van der Waals surface area contributed by atoms with E-state index < -0.39 is 29.8 Å². The second-order valence-corrected chi connectivity index (χ2v) is 8.40. The van der Waals surface area contributed by atoms with E-state index >= 15 is 0 Å². The zero-order valence-electron chi connectivity index (χ0n) is 18.5. The molecule has 4 rings (SSSR count). The largest absolute Gasteiger partial charge is 0.337 e. The number of pyridine rings is 1. The van der Waals surface area contributed by atoms with Gasteiger partial charge >= 0.3 is 5.91 Å². The van der Waals surface area contributed by atoms with E-state index in [1.54, 1.807) is 33.0 Å². The van der Waals surface area contributed by atoms with Crippen LogP contribution in [0.25, 0.3) is 0 Å². The van der Waals surface area contributed by atoms with Crippen LogP contribution in [0, 0.1) is 12.7 Å². The van der Waals surface area contributed by atoms with Gasteiger partial charge in [-0.05, 0) is 57.6 Å². The number of hydrogen-bond acceptors (Lipinski definition) is 4. The Labute approximate surface area is 185 Å². The number of halogens is 1. The minimum Gasteiger partial charge on any atom is -0.337 e. The van der Waals surface area contributed by atoms with Crippen molar-refractivity contribution >= 4 is 29.2 Å². The second kappa shape index (κ2) is 8.31. The smallest absolute Gasteiger partial charge is 0.337 e. The lowest BCUT2D eigenvalue weighted by Gasteiger charge is -2.32. The minimum absolute atomic E-state index is 0.0735. The summed E-state index contributed by atoms with van der Waals surface area (Å²) in [6, 6.07) is 5.71. The minimum atomic E-state index is -0.848. The van der Waals surface area contributed by atoms with Crippen molar-refractivity contribution in [1.29, 1.82) is 0 Å². The number of carbonyl (C=O) groups is 3. The third kappa shape index (κ3) is 3.62. The van der Waals surface area contributed by atoms with E-state index in [1.165, 1.54) is 11.0 Å². The first-order chi connectivity index (χ1) is 15.2. The Morgan fingerprint density at radius 2 is 2.03 bits per heavy atom. The van der Waals surface area contributed by atoms with Crippen molar-refractivity contribution in [1.82, 2.24) is 10.6 Å². The van der Waals surface area contributed by atoms with Crippen LogP contribution in [-0.4, -0.2) is 42.9 Å². The van der Waals surface area contributed by atoms with E-state index in [9.17, 15) is 18.8 Å². The molecule has 0 radical (unpaired) electrons. The number of rotatable bonds is 5. The van der Waals surface area contributed by atoms with Crippen molar-refractivity contribution < 1.29 is 23.3 Å². The topological polar surface area (TPSA) is 94.4 Å². The van der Waals surface area contributed by atoms with Crippen molar-refractivity contribution in [3.8, 4) is 0 Å². The van der Waals surface area contributed by atoms with Gasteiger partial charge in [0.15, 0.2) is 12.1 Å². The molecule has 2 aliphatic heterocycles. The lowest BCUT2D eigenvalue weighted by atomic mass is 10.0. The summed E-state index contributed by atoms with van der Waals surface area (Å²) in [5.41, 5.74) is 1.73. The quantitative estimate of drug-likeness (QED) is 0.605. The van der Waals surface area contributed by atoms with Gasteiger partial charge in [0.05, 0.1) is 17.9 Å². The zero-order chi connectivity index (χ0) is 23.2. The lowest BCUT2D eigenvalue weighted by Crippen LogP contribution is -2.67. The Morgan fingerprint density at radius 1 is 1.28 bits per heavy atom. The van der Waals surface area contributed by atoms with Gasteiger partial charge in [0.1, 0.15) is 11.9 Å². The molecule has 0 aliphatic carbocycles. The highest BCUT2D eigenvalue weighted by atomic mass is 19.1. The Kier molecular flexibility index (Phi) is 5.68. The molecule has 0 spiro atoms. The van der Waals surface area contributed by atoms with Crippen molar-refractivity contribution in [3.05, 3.63) is 53.5 Å². The number of aryl methyl sites for hydroxylation is 1. The Hall–Kier alpha value is -3.33. The molecule has 0 fully saturated rings. The third-order valence-electron chi connectivity index (χ3n) is 6.26. The van der Waals surface area contributed by atoms with Crippen molar-refractivity contribution in [2.45, 2.75) is 51.4 Å². The molecule has 2 aromatic rings. The molecule has 4 unspecified atom stereocenters. The molecule has 4 atom stereocenters. The highest BCUT2D eigenvalue weighted by Crippen LogP contribution is 2.35. The lowest BCUT2D eigenvalue weighted by molar-refractivity contribution is -0.710. The maximum Gasteiger partial charge on any atom is 0.337 e. The summed E-state index contributed by atoms with van der Waals surface area (Å²) in [7, 11) is 1.66. The van der Waals surface area contributed by atoms with Gasteiger partial charge in [-0.1, -0.05) is 6.07 Å². The number of carbonyl (C=O) groups excluding carboxylic acids is 3. The molecule has 0 bridgehead atoms. The highest BCUT2D eigenvalue weighted by molar-refractivity contribution is 6.09. The SMILES string of the molecule is CNC(C)C(=O)NC1C(=O)N2c3c(ccc[n+]3C1C)CC2C(=O)Nc1cc(C)ccc1F. The fourth-order valence-electron chi connectivity index (χ4n) is 4.30. The summed E-state index contributed by atoms with van der Waals surface area (Å²) in [5.74, 6) is -1.04. The summed E-state index contributed by atoms with van der Waals surface area (Å²) in [5, 5.41) is 8.31. The number of anilines is 2. The summed E-state index contributed by atoms with van der Waals surface area (Å²) in [6.45, 7) is 5.37. The van der Waals surface area contributed by atoms with E-state index in [-0.39, 0.29) is 23.5 Å². The van der Waals surface area contributed by atoms with E-state index in [0.717, 1.165) is 11.1 Å². The molecule has 168 valence electrons. The molecule has 3 amide bonds. The van der Waals surface area contributed by atoms with E-state index in [4.69, 9.17) is 0 Å². The van der Waals surface area contributed by atoms with Crippen LogP contribution < -0.4 is 25.4 Å². The first-order valence-electron chi connectivity index (χ1n) is 10.6. The van der Waals surface area contributed by atoms with E-state index in [2.05, 4.69) is 16.0 Å². The summed E-state index contributed by atoms with van der Waals surface area (Å²) in [4.78, 5) is 40.6. The van der Waals surface area contributed by atoms with Gasteiger partial charge in [0.2, 0.25) is 5.91 Å². The molecule has 1 aromatic heterocycles. The fraction of sp³-hybridized carbons (Fsp3) is 0.391. The van der Waals surface area contributed by atoms with Gasteiger partial charge in [-0.25, -0.2) is 13.8 Å². The molecular weight excluding hydrogens is 413 g/mol. The normalized spacial score (nSPS) is 22.3. The summed E-state index contributed by atoms with van der Waals surface area (Å²) in [6.07, 6.45) is 2.14. The standard InChI is InChI=1S/C23H26FN5O3/c1-12-7-8-16(24)17(10-12)26-21(31)18-11-15-6-5-9-28-14(3)19(23(32)29(18)22(15)28)27-20(30)13(2)25-4/h5-10,13-14,18-19,25H,11H2,1-4H3,(H-,26,27,30,31)/p+1. The molecule has 9 heteroatoms. The van der Waals surface area contributed by atoms with E-state index in [0.29, 0.717) is 12.2 Å². The molecule has 2 aliphatic rings.